The van der Waals surface area contributed by atoms with Gasteiger partial charge in [0.25, 0.3) is 5.91 Å². The number of nitrogens with one attached hydrogen (secondary N) is 1. The lowest BCUT2D eigenvalue weighted by Crippen LogP contribution is -2.15. The van der Waals surface area contributed by atoms with Crippen molar-refractivity contribution in [2.45, 2.75) is 6.92 Å². The lowest BCUT2D eigenvalue weighted by atomic mass is 10.1. The number of nitrogen functional groups attached to an aromatic ring is 1. The smallest absolute Gasteiger partial charge is 0.257 e. The van der Waals surface area contributed by atoms with Crippen LogP contribution < -0.4 is 11.1 Å². The minimum Gasteiger partial charge on any atom is -0.398 e. The van der Waals surface area contributed by atoms with Gasteiger partial charge in [-0.15, -0.1) is 0 Å². The maximum atomic E-state index is 12.3. The molecule has 0 fully saturated rings. The van der Waals surface area contributed by atoms with Crippen molar-refractivity contribution in [2.24, 2.45) is 0 Å². The molecule has 2 rings (SSSR count). The van der Waals surface area contributed by atoms with E-state index in [-0.39, 0.29) is 5.91 Å². The van der Waals surface area contributed by atoms with E-state index in [1.54, 1.807) is 12.1 Å². The molecule has 0 heterocycles. The van der Waals surface area contributed by atoms with Crippen LogP contribution in [-0.4, -0.2) is 5.91 Å². The minimum atomic E-state index is -0.228. The normalized spacial score (nSPS) is 10.3. The Kier molecular flexibility index (Phi) is 4.27. The molecule has 0 saturated heterocycles. The summed E-state index contributed by atoms with van der Waals surface area (Å²) in [5.41, 5.74) is 8.45. The maximum absolute atomic E-state index is 12.3. The van der Waals surface area contributed by atoms with Crippen molar-refractivity contribution in [2.75, 3.05) is 11.1 Å². The van der Waals surface area contributed by atoms with Crippen LogP contribution in [0.3, 0.4) is 0 Å². The van der Waals surface area contributed by atoms with Crippen molar-refractivity contribution >= 4 is 49.1 Å². The third-order valence-electron chi connectivity index (χ3n) is 2.65. The number of hydrogen-bond acceptors (Lipinski definition) is 2. The monoisotopic (exact) mass is 382 g/mol. The van der Waals surface area contributed by atoms with Crippen molar-refractivity contribution in [3.05, 3.63) is 56.5 Å². The minimum absolute atomic E-state index is 0.228. The van der Waals surface area contributed by atoms with Crippen LogP contribution in [0.2, 0.25) is 0 Å². The second-order valence-electron chi connectivity index (χ2n) is 4.14. The van der Waals surface area contributed by atoms with E-state index in [4.69, 9.17) is 5.73 Å². The van der Waals surface area contributed by atoms with Crippen LogP contribution in [-0.2, 0) is 0 Å². The Morgan fingerprint density at radius 2 is 1.79 bits per heavy atom. The van der Waals surface area contributed by atoms with Gasteiger partial charge in [-0.25, -0.2) is 0 Å². The summed E-state index contributed by atoms with van der Waals surface area (Å²) in [7, 11) is 0. The number of rotatable bonds is 2. The fraction of sp³-hybridized carbons (Fsp3) is 0.0714. The highest BCUT2D eigenvalue weighted by Crippen LogP contribution is 2.31. The third kappa shape index (κ3) is 3.16. The zero-order valence-corrected chi connectivity index (χ0v) is 13.4. The maximum Gasteiger partial charge on any atom is 0.257 e. The van der Waals surface area contributed by atoms with Crippen molar-refractivity contribution < 1.29 is 4.79 Å². The molecule has 0 saturated carbocycles. The number of benzene rings is 2. The first-order valence-corrected chi connectivity index (χ1v) is 7.19. The lowest BCUT2D eigenvalue weighted by molar-refractivity contribution is 0.102. The molecule has 3 N–H and O–H groups in total. The van der Waals surface area contributed by atoms with Crippen LogP contribution in [0.5, 0.6) is 0 Å². The van der Waals surface area contributed by atoms with Gasteiger partial charge in [0.1, 0.15) is 0 Å². The van der Waals surface area contributed by atoms with Crippen LogP contribution in [0.1, 0.15) is 15.9 Å². The van der Waals surface area contributed by atoms with Crippen molar-refractivity contribution in [3.8, 4) is 0 Å². The molecule has 98 valence electrons. The Labute approximate surface area is 128 Å². The van der Waals surface area contributed by atoms with E-state index in [1.165, 1.54) is 0 Å². The molecule has 0 spiro atoms. The van der Waals surface area contributed by atoms with Crippen molar-refractivity contribution in [1.29, 1.82) is 0 Å². The predicted molar refractivity (Wildman–Crippen MR) is 85.4 cm³/mol. The Bertz CT molecular complexity index is 621. The molecule has 19 heavy (non-hydrogen) atoms. The quantitative estimate of drug-likeness (QED) is 0.757. The van der Waals surface area contributed by atoms with Gasteiger partial charge in [0, 0.05) is 14.6 Å². The summed E-state index contributed by atoms with van der Waals surface area (Å²) < 4.78 is 1.61. The van der Waals surface area contributed by atoms with Crippen molar-refractivity contribution in [3.63, 3.8) is 0 Å². The number of aryl methyl sites for hydroxylation is 1. The molecule has 0 aliphatic rings. The summed E-state index contributed by atoms with van der Waals surface area (Å²) in [6.07, 6.45) is 0. The topological polar surface area (TPSA) is 55.1 Å². The van der Waals surface area contributed by atoms with Gasteiger partial charge in [0.15, 0.2) is 0 Å². The van der Waals surface area contributed by atoms with E-state index in [1.807, 2.05) is 31.2 Å². The highest BCUT2D eigenvalue weighted by Gasteiger charge is 2.13. The van der Waals surface area contributed by atoms with E-state index < -0.39 is 0 Å². The molecule has 2 aromatic rings. The second-order valence-corrected chi connectivity index (χ2v) is 5.85. The molecule has 3 nitrogen and oxygen atoms in total. The Balaban J connectivity index is 2.34. The van der Waals surface area contributed by atoms with Crippen LogP contribution >= 0.6 is 31.9 Å². The van der Waals surface area contributed by atoms with E-state index in [2.05, 4.69) is 37.2 Å². The molecule has 2 aromatic carbocycles. The summed E-state index contributed by atoms with van der Waals surface area (Å²) in [6, 6.07) is 11.0. The first kappa shape index (κ1) is 14.1. The van der Waals surface area contributed by atoms with Gasteiger partial charge in [0.05, 0.1) is 11.3 Å². The van der Waals surface area contributed by atoms with E-state index in [0.29, 0.717) is 16.9 Å². The van der Waals surface area contributed by atoms with Gasteiger partial charge < -0.3 is 11.1 Å². The highest BCUT2D eigenvalue weighted by molar-refractivity contribution is 9.11. The third-order valence-corrected chi connectivity index (χ3v) is 3.98. The van der Waals surface area contributed by atoms with Crippen LogP contribution in [0.15, 0.2) is 45.3 Å². The summed E-state index contributed by atoms with van der Waals surface area (Å²) in [4.78, 5) is 12.3. The van der Waals surface area contributed by atoms with Gasteiger partial charge >= 0.3 is 0 Å². The summed E-state index contributed by atoms with van der Waals surface area (Å²) >= 11 is 6.81. The summed E-state index contributed by atoms with van der Waals surface area (Å²) in [5, 5.41) is 2.85. The largest absolute Gasteiger partial charge is 0.398 e. The Morgan fingerprint density at radius 1 is 1.16 bits per heavy atom. The standard InChI is InChI=1S/C14H12Br2N2O/c1-8-5-6-12(17)9(7-8)14(19)18-13-10(15)3-2-4-11(13)16/h2-7H,17H2,1H3,(H,18,19). The highest BCUT2D eigenvalue weighted by atomic mass is 79.9. The Hall–Kier alpha value is -1.33. The number of nitrogens with two attached hydrogens (primary N) is 1. The second kappa shape index (κ2) is 5.75. The molecule has 0 bridgehead atoms. The van der Waals surface area contributed by atoms with Gasteiger partial charge in [-0.05, 0) is 63.0 Å². The molecule has 0 atom stereocenters. The zero-order chi connectivity index (χ0) is 14.0. The molecule has 0 aliphatic heterocycles. The number of carbonyl (C=O) groups excluding carboxylic acids is 1. The molecule has 0 aromatic heterocycles. The van der Waals surface area contributed by atoms with Crippen LogP contribution in [0, 0.1) is 6.92 Å². The van der Waals surface area contributed by atoms with Gasteiger partial charge in [-0.3, -0.25) is 4.79 Å². The summed E-state index contributed by atoms with van der Waals surface area (Å²) in [5.74, 6) is -0.228. The van der Waals surface area contributed by atoms with E-state index in [0.717, 1.165) is 14.5 Å². The van der Waals surface area contributed by atoms with Gasteiger partial charge in [-0.1, -0.05) is 17.7 Å². The van der Waals surface area contributed by atoms with Crippen LogP contribution in [0.4, 0.5) is 11.4 Å². The molecular weight excluding hydrogens is 372 g/mol. The fourth-order valence-corrected chi connectivity index (χ4v) is 2.86. The van der Waals surface area contributed by atoms with Gasteiger partial charge in [-0.2, -0.15) is 0 Å². The number of hydrogen-bond donors (Lipinski definition) is 2. The lowest BCUT2D eigenvalue weighted by Gasteiger charge is -2.11. The first-order chi connectivity index (χ1) is 8.99. The number of para-hydroxylation sites is 1. The SMILES string of the molecule is Cc1ccc(N)c(C(=O)Nc2c(Br)cccc2Br)c1. The zero-order valence-electron chi connectivity index (χ0n) is 10.2. The molecule has 0 aliphatic carbocycles. The average Bonchev–Trinajstić information content (AvgIpc) is 2.37. The van der Waals surface area contributed by atoms with Gasteiger partial charge in [0.2, 0.25) is 0 Å². The van der Waals surface area contributed by atoms with E-state index in [9.17, 15) is 4.79 Å². The number of amides is 1. The molecule has 0 unspecified atom stereocenters. The first-order valence-electron chi connectivity index (χ1n) is 5.60. The number of halogens is 2. The molecule has 1 amide bonds. The van der Waals surface area contributed by atoms with Crippen LogP contribution in [0.25, 0.3) is 0 Å². The fourth-order valence-electron chi connectivity index (χ4n) is 1.66. The van der Waals surface area contributed by atoms with E-state index >= 15 is 0 Å². The Morgan fingerprint density at radius 3 is 2.42 bits per heavy atom. The predicted octanol–water partition coefficient (Wildman–Crippen LogP) is 4.35. The summed E-state index contributed by atoms with van der Waals surface area (Å²) in [6.45, 7) is 1.92. The molecule has 0 radical (unpaired) electrons. The molecular formula is C14H12Br2N2O. The van der Waals surface area contributed by atoms with Crippen molar-refractivity contribution in [1.82, 2.24) is 0 Å². The molecule has 5 heteroatoms. The number of anilines is 2. The number of carbonyl (C=O) groups is 1. The average molecular weight is 384 g/mol.